The van der Waals surface area contributed by atoms with Gasteiger partial charge >= 0.3 is 12.0 Å². The van der Waals surface area contributed by atoms with Crippen LogP contribution in [0.25, 0.3) is 0 Å². The lowest BCUT2D eigenvalue weighted by molar-refractivity contribution is 0.0693. The first-order chi connectivity index (χ1) is 9.29. The summed E-state index contributed by atoms with van der Waals surface area (Å²) < 4.78 is 30.8. The van der Waals surface area contributed by atoms with E-state index < -0.39 is 27.3 Å². The third-order valence-corrected chi connectivity index (χ3v) is 3.57. The van der Waals surface area contributed by atoms with E-state index in [9.17, 15) is 18.3 Å². The van der Waals surface area contributed by atoms with Gasteiger partial charge in [0.15, 0.2) is 0 Å². The average Bonchev–Trinajstić information content (AvgIpc) is 2.73. The van der Waals surface area contributed by atoms with Crippen LogP contribution in [0.2, 0.25) is 0 Å². The minimum absolute atomic E-state index is 0.166. The van der Waals surface area contributed by atoms with Crippen LogP contribution in [-0.4, -0.2) is 34.8 Å². The van der Waals surface area contributed by atoms with Gasteiger partial charge in [0, 0.05) is 6.92 Å². The molecule has 0 amide bonds. The van der Waals surface area contributed by atoms with Gasteiger partial charge in [-0.2, -0.15) is 0 Å². The summed E-state index contributed by atoms with van der Waals surface area (Å²) in [6.45, 7) is 1.48. The standard InChI is InChI=1S/C10H9N3O6S/c1-5-11-12-10(19-5)13-20(17,18)6-2-3-8(14)7(4-6)9(15)16/h2-4,14H,1H3,(H,12,13)(H,15,16). The highest BCUT2D eigenvalue weighted by molar-refractivity contribution is 7.92. The van der Waals surface area contributed by atoms with Crippen LogP contribution in [0.4, 0.5) is 6.01 Å². The molecule has 2 rings (SSSR count). The molecule has 106 valence electrons. The van der Waals surface area contributed by atoms with Crippen molar-refractivity contribution in [2.75, 3.05) is 4.72 Å². The second-order valence-corrected chi connectivity index (χ2v) is 5.40. The molecule has 9 nitrogen and oxygen atoms in total. The van der Waals surface area contributed by atoms with Gasteiger partial charge in [-0.05, 0) is 18.2 Å². The average molecular weight is 299 g/mol. The third-order valence-electron chi connectivity index (χ3n) is 2.26. The van der Waals surface area contributed by atoms with E-state index in [1.807, 2.05) is 4.72 Å². The summed E-state index contributed by atoms with van der Waals surface area (Å²) in [4.78, 5) is 10.5. The summed E-state index contributed by atoms with van der Waals surface area (Å²) in [5.41, 5.74) is -0.533. The van der Waals surface area contributed by atoms with Gasteiger partial charge in [-0.1, -0.05) is 5.10 Å². The minimum Gasteiger partial charge on any atom is -0.507 e. The van der Waals surface area contributed by atoms with Crippen LogP contribution in [0.5, 0.6) is 5.75 Å². The predicted molar refractivity (Wildman–Crippen MR) is 64.9 cm³/mol. The summed E-state index contributed by atoms with van der Waals surface area (Å²) in [5, 5.41) is 25.1. The fourth-order valence-corrected chi connectivity index (χ4v) is 2.32. The predicted octanol–water partition coefficient (Wildman–Crippen LogP) is 0.583. The van der Waals surface area contributed by atoms with E-state index in [2.05, 4.69) is 10.2 Å². The molecule has 0 fully saturated rings. The normalized spacial score (nSPS) is 11.2. The number of sulfonamides is 1. The van der Waals surface area contributed by atoms with Gasteiger partial charge in [0.2, 0.25) is 5.89 Å². The number of carboxylic acid groups (broad SMARTS) is 1. The van der Waals surface area contributed by atoms with Crippen molar-refractivity contribution in [1.82, 2.24) is 10.2 Å². The van der Waals surface area contributed by atoms with E-state index in [1.54, 1.807) is 0 Å². The maximum atomic E-state index is 12.0. The number of aromatic hydroxyl groups is 1. The second-order valence-electron chi connectivity index (χ2n) is 3.72. The van der Waals surface area contributed by atoms with Gasteiger partial charge in [0.25, 0.3) is 10.0 Å². The highest BCUT2D eigenvalue weighted by Gasteiger charge is 2.20. The Balaban J connectivity index is 2.39. The summed E-state index contributed by atoms with van der Waals surface area (Å²) in [6, 6.07) is 2.50. The third kappa shape index (κ3) is 2.69. The van der Waals surface area contributed by atoms with Gasteiger partial charge < -0.3 is 14.6 Å². The fourth-order valence-electron chi connectivity index (χ4n) is 1.37. The highest BCUT2D eigenvalue weighted by Crippen LogP contribution is 2.22. The van der Waals surface area contributed by atoms with Crippen molar-refractivity contribution in [3.63, 3.8) is 0 Å². The van der Waals surface area contributed by atoms with E-state index in [1.165, 1.54) is 6.92 Å². The Morgan fingerprint density at radius 2 is 2.05 bits per heavy atom. The van der Waals surface area contributed by atoms with E-state index in [4.69, 9.17) is 9.52 Å². The van der Waals surface area contributed by atoms with Crippen LogP contribution in [-0.2, 0) is 10.0 Å². The number of aromatic carboxylic acids is 1. The van der Waals surface area contributed by atoms with E-state index >= 15 is 0 Å². The van der Waals surface area contributed by atoms with Gasteiger partial charge in [-0.15, -0.1) is 5.10 Å². The van der Waals surface area contributed by atoms with Crippen molar-refractivity contribution in [3.8, 4) is 5.75 Å². The zero-order chi connectivity index (χ0) is 14.9. The van der Waals surface area contributed by atoms with Gasteiger partial charge in [0.05, 0.1) is 4.90 Å². The topological polar surface area (TPSA) is 143 Å². The number of benzene rings is 1. The molecule has 0 bridgehead atoms. The lowest BCUT2D eigenvalue weighted by atomic mass is 10.2. The number of hydrogen-bond acceptors (Lipinski definition) is 7. The van der Waals surface area contributed by atoms with Crippen LogP contribution in [0.1, 0.15) is 16.2 Å². The van der Waals surface area contributed by atoms with Crippen LogP contribution in [0.15, 0.2) is 27.5 Å². The number of phenols is 1. The molecule has 20 heavy (non-hydrogen) atoms. The molecule has 3 N–H and O–H groups in total. The summed E-state index contributed by atoms with van der Waals surface area (Å²) in [7, 11) is -4.09. The number of nitrogens with zero attached hydrogens (tertiary/aromatic N) is 2. The molecule has 0 aliphatic carbocycles. The Bertz CT molecular complexity index is 767. The molecule has 0 aliphatic heterocycles. The van der Waals surface area contributed by atoms with Crippen molar-refractivity contribution in [1.29, 1.82) is 0 Å². The maximum absolute atomic E-state index is 12.0. The van der Waals surface area contributed by atoms with E-state index in [0.29, 0.717) is 0 Å². The maximum Gasteiger partial charge on any atom is 0.339 e. The molecule has 1 aromatic carbocycles. The number of carbonyl (C=O) groups is 1. The number of carboxylic acids is 1. The van der Waals surface area contributed by atoms with Crippen molar-refractivity contribution in [2.45, 2.75) is 11.8 Å². The number of nitrogens with one attached hydrogen (secondary N) is 1. The van der Waals surface area contributed by atoms with Crippen molar-refractivity contribution >= 4 is 22.0 Å². The lowest BCUT2D eigenvalue weighted by Gasteiger charge is -2.06. The Hall–Kier alpha value is -2.62. The van der Waals surface area contributed by atoms with Crippen molar-refractivity contribution in [2.24, 2.45) is 0 Å². The Morgan fingerprint density at radius 1 is 1.35 bits per heavy atom. The lowest BCUT2D eigenvalue weighted by Crippen LogP contribution is -2.14. The van der Waals surface area contributed by atoms with Gasteiger partial charge in [-0.3, -0.25) is 0 Å². The first kappa shape index (κ1) is 13.8. The number of anilines is 1. The van der Waals surface area contributed by atoms with Gasteiger partial charge in [-0.25, -0.2) is 17.9 Å². The van der Waals surface area contributed by atoms with E-state index in [-0.39, 0.29) is 16.8 Å². The molecule has 2 aromatic rings. The zero-order valence-electron chi connectivity index (χ0n) is 10.1. The molecule has 1 aromatic heterocycles. The Labute approximate surface area is 112 Å². The molecule has 1 heterocycles. The van der Waals surface area contributed by atoms with Crippen molar-refractivity contribution in [3.05, 3.63) is 29.7 Å². The van der Waals surface area contributed by atoms with Crippen LogP contribution >= 0.6 is 0 Å². The molecular weight excluding hydrogens is 290 g/mol. The fraction of sp³-hybridized carbons (Fsp3) is 0.100. The smallest absolute Gasteiger partial charge is 0.339 e. The Kier molecular flexibility index (Phi) is 3.32. The Morgan fingerprint density at radius 3 is 2.60 bits per heavy atom. The summed E-state index contributed by atoms with van der Waals surface area (Å²) in [5.74, 6) is -1.82. The molecule has 0 aliphatic rings. The van der Waals surface area contributed by atoms with Crippen molar-refractivity contribution < 1.29 is 27.8 Å². The molecule has 0 unspecified atom stereocenters. The quantitative estimate of drug-likeness (QED) is 0.744. The summed E-state index contributed by atoms with van der Waals surface area (Å²) >= 11 is 0. The summed E-state index contributed by atoms with van der Waals surface area (Å²) in [6.07, 6.45) is 0. The van der Waals surface area contributed by atoms with Crippen LogP contribution in [0.3, 0.4) is 0 Å². The number of rotatable bonds is 4. The van der Waals surface area contributed by atoms with Crippen LogP contribution in [0, 0.1) is 6.92 Å². The molecule has 0 atom stereocenters. The first-order valence-electron chi connectivity index (χ1n) is 5.19. The minimum atomic E-state index is -4.09. The molecular formula is C10H9N3O6S. The second kappa shape index (κ2) is 4.81. The van der Waals surface area contributed by atoms with E-state index in [0.717, 1.165) is 18.2 Å². The zero-order valence-corrected chi connectivity index (χ0v) is 10.9. The molecule has 0 saturated carbocycles. The number of hydrogen-bond donors (Lipinski definition) is 3. The monoisotopic (exact) mass is 299 g/mol. The van der Waals surface area contributed by atoms with Crippen LogP contribution < -0.4 is 4.72 Å². The highest BCUT2D eigenvalue weighted by atomic mass is 32.2. The first-order valence-corrected chi connectivity index (χ1v) is 6.67. The van der Waals surface area contributed by atoms with Gasteiger partial charge in [0.1, 0.15) is 11.3 Å². The molecule has 10 heteroatoms. The number of aryl methyl sites for hydroxylation is 1. The largest absolute Gasteiger partial charge is 0.507 e. The molecule has 0 saturated heterocycles. The molecule has 0 radical (unpaired) electrons. The number of aromatic nitrogens is 2. The molecule has 0 spiro atoms. The SMILES string of the molecule is Cc1nnc(NS(=O)(=O)c2ccc(O)c(C(=O)O)c2)o1.